The molecule has 112 valence electrons. The molecule has 1 fully saturated rings. The molecule has 3 atom stereocenters. The van der Waals surface area contributed by atoms with Gasteiger partial charge in [-0.15, -0.1) is 0 Å². The van der Waals surface area contributed by atoms with Crippen LogP contribution in [0.3, 0.4) is 0 Å². The summed E-state index contributed by atoms with van der Waals surface area (Å²) in [5.74, 6) is 0.751. The van der Waals surface area contributed by atoms with Crippen LogP contribution in [0.15, 0.2) is 18.2 Å². The van der Waals surface area contributed by atoms with Crippen LogP contribution in [0.25, 0.3) is 0 Å². The zero-order valence-corrected chi connectivity index (χ0v) is 13.7. The van der Waals surface area contributed by atoms with Crippen LogP contribution in [0.1, 0.15) is 43.9 Å². The van der Waals surface area contributed by atoms with Gasteiger partial charge < -0.3 is 5.32 Å². The highest BCUT2D eigenvalue weighted by Gasteiger charge is 2.29. The summed E-state index contributed by atoms with van der Waals surface area (Å²) in [4.78, 5) is 2.68. The van der Waals surface area contributed by atoms with Crippen molar-refractivity contribution in [3.05, 3.63) is 34.9 Å². The van der Waals surface area contributed by atoms with E-state index in [-0.39, 0.29) is 0 Å². The number of piperazine rings is 1. The van der Waals surface area contributed by atoms with Crippen molar-refractivity contribution in [1.82, 2.24) is 10.2 Å². The molecule has 2 heteroatoms. The fourth-order valence-corrected chi connectivity index (χ4v) is 3.41. The average Bonchev–Trinajstić information content (AvgIpc) is 2.37. The van der Waals surface area contributed by atoms with Crippen molar-refractivity contribution in [1.29, 1.82) is 0 Å². The molecule has 1 heterocycles. The largest absolute Gasteiger partial charge is 0.311 e. The number of nitrogens with zero attached hydrogens (tertiary/aromatic N) is 1. The molecule has 0 amide bonds. The van der Waals surface area contributed by atoms with Crippen molar-refractivity contribution in [2.75, 3.05) is 13.1 Å². The summed E-state index contributed by atoms with van der Waals surface area (Å²) in [6.45, 7) is 14.7. The number of rotatable bonds is 4. The third kappa shape index (κ3) is 3.83. The topological polar surface area (TPSA) is 15.3 Å². The van der Waals surface area contributed by atoms with Crippen LogP contribution >= 0.6 is 0 Å². The molecular formula is C18H30N2. The molecule has 0 spiro atoms. The van der Waals surface area contributed by atoms with Gasteiger partial charge in [0, 0.05) is 31.7 Å². The van der Waals surface area contributed by atoms with Gasteiger partial charge >= 0.3 is 0 Å². The molecule has 0 bridgehead atoms. The summed E-state index contributed by atoms with van der Waals surface area (Å²) in [6.07, 6.45) is 1.25. The number of hydrogen-bond donors (Lipinski definition) is 1. The molecule has 1 aromatic carbocycles. The molecule has 1 saturated heterocycles. The molecule has 0 saturated carbocycles. The second-order valence-electron chi connectivity index (χ2n) is 6.69. The number of hydrogen-bond acceptors (Lipinski definition) is 2. The van der Waals surface area contributed by atoms with E-state index in [4.69, 9.17) is 0 Å². The van der Waals surface area contributed by atoms with E-state index < -0.39 is 0 Å². The summed E-state index contributed by atoms with van der Waals surface area (Å²) in [5, 5.41) is 3.64. The maximum Gasteiger partial charge on any atom is 0.0250 e. The van der Waals surface area contributed by atoms with E-state index in [1.165, 1.54) is 23.1 Å². The Labute approximate surface area is 124 Å². The van der Waals surface area contributed by atoms with Crippen LogP contribution in [0.2, 0.25) is 0 Å². The zero-order chi connectivity index (χ0) is 14.7. The molecule has 2 nitrogen and oxygen atoms in total. The fraction of sp³-hybridized carbons (Fsp3) is 0.667. The van der Waals surface area contributed by atoms with Crippen molar-refractivity contribution < 1.29 is 0 Å². The molecule has 1 aliphatic heterocycles. The van der Waals surface area contributed by atoms with Gasteiger partial charge in [-0.05, 0) is 32.3 Å². The van der Waals surface area contributed by atoms with Crippen molar-refractivity contribution in [3.63, 3.8) is 0 Å². The lowest BCUT2D eigenvalue weighted by atomic mass is 9.94. The molecule has 0 aromatic heterocycles. The Morgan fingerprint density at radius 1 is 1.25 bits per heavy atom. The Balaban J connectivity index is 2.14. The van der Waals surface area contributed by atoms with Gasteiger partial charge in [-0.3, -0.25) is 4.90 Å². The Morgan fingerprint density at radius 3 is 2.50 bits per heavy atom. The quantitative estimate of drug-likeness (QED) is 0.904. The van der Waals surface area contributed by atoms with E-state index >= 15 is 0 Å². The van der Waals surface area contributed by atoms with E-state index in [0.29, 0.717) is 12.1 Å². The molecule has 0 radical (unpaired) electrons. The van der Waals surface area contributed by atoms with E-state index in [0.717, 1.165) is 25.6 Å². The summed E-state index contributed by atoms with van der Waals surface area (Å²) in [6, 6.07) is 8.20. The van der Waals surface area contributed by atoms with Crippen molar-refractivity contribution in [2.45, 2.75) is 59.7 Å². The van der Waals surface area contributed by atoms with Gasteiger partial charge in [0.2, 0.25) is 0 Å². The second kappa shape index (κ2) is 6.73. The average molecular weight is 274 g/mol. The van der Waals surface area contributed by atoms with Crippen LogP contribution in [-0.2, 0) is 6.54 Å². The first kappa shape index (κ1) is 15.5. The minimum atomic E-state index is 0.598. The predicted molar refractivity (Wildman–Crippen MR) is 87.0 cm³/mol. The third-order valence-corrected chi connectivity index (χ3v) is 4.62. The highest BCUT2D eigenvalue weighted by molar-refractivity contribution is 5.28. The fourth-order valence-electron chi connectivity index (χ4n) is 3.41. The van der Waals surface area contributed by atoms with E-state index in [1.807, 2.05) is 0 Å². The standard InChI is InChI=1S/C18H30N2/c1-6-15(4)18-10-19-16(5)11-20(18)12-17-8-13(2)7-14(3)9-17/h7-9,15-16,18-19H,6,10-12H2,1-5H3. The molecule has 1 aliphatic rings. The third-order valence-electron chi connectivity index (χ3n) is 4.62. The highest BCUT2D eigenvalue weighted by atomic mass is 15.2. The molecule has 1 aromatic rings. The summed E-state index contributed by atoms with van der Waals surface area (Å²) < 4.78 is 0. The zero-order valence-electron chi connectivity index (χ0n) is 13.7. The summed E-state index contributed by atoms with van der Waals surface area (Å²) >= 11 is 0. The smallest absolute Gasteiger partial charge is 0.0250 e. The second-order valence-corrected chi connectivity index (χ2v) is 6.69. The maximum absolute atomic E-state index is 3.64. The molecule has 0 aliphatic carbocycles. The van der Waals surface area contributed by atoms with Crippen LogP contribution in [0, 0.1) is 19.8 Å². The minimum absolute atomic E-state index is 0.598. The highest BCUT2D eigenvalue weighted by Crippen LogP contribution is 2.21. The molecule has 20 heavy (non-hydrogen) atoms. The van der Waals surface area contributed by atoms with E-state index in [1.54, 1.807) is 0 Å². The van der Waals surface area contributed by atoms with Gasteiger partial charge in [0.25, 0.3) is 0 Å². The molecular weight excluding hydrogens is 244 g/mol. The van der Waals surface area contributed by atoms with Crippen molar-refractivity contribution >= 4 is 0 Å². The van der Waals surface area contributed by atoms with Crippen LogP contribution in [0.4, 0.5) is 0 Å². The SMILES string of the molecule is CCC(C)C1CNC(C)CN1Cc1cc(C)cc(C)c1. The molecule has 1 N–H and O–H groups in total. The van der Waals surface area contributed by atoms with Gasteiger partial charge in [0.1, 0.15) is 0 Å². The minimum Gasteiger partial charge on any atom is -0.311 e. The lowest BCUT2D eigenvalue weighted by Gasteiger charge is -2.42. The Bertz CT molecular complexity index is 421. The Morgan fingerprint density at radius 2 is 1.90 bits per heavy atom. The number of nitrogens with one attached hydrogen (secondary N) is 1. The maximum atomic E-state index is 3.64. The van der Waals surface area contributed by atoms with Crippen molar-refractivity contribution in [3.8, 4) is 0 Å². The summed E-state index contributed by atoms with van der Waals surface area (Å²) in [7, 11) is 0. The monoisotopic (exact) mass is 274 g/mol. The van der Waals surface area contributed by atoms with Gasteiger partial charge in [0.05, 0.1) is 0 Å². The number of aryl methyl sites for hydroxylation is 2. The van der Waals surface area contributed by atoms with Crippen LogP contribution in [0.5, 0.6) is 0 Å². The van der Waals surface area contributed by atoms with E-state index in [9.17, 15) is 0 Å². The first-order valence-corrected chi connectivity index (χ1v) is 8.04. The van der Waals surface area contributed by atoms with Crippen LogP contribution < -0.4 is 5.32 Å². The number of benzene rings is 1. The molecule has 3 unspecified atom stereocenters. The first-order valence-electron chi connectivity index (χ1n) is 8.04. The van der Waals surface area contributed by atoms with Gasteiger partial charge in [-0.2, -0.15) is 0 Å². The Kier molecular flexibility index (Phi) is 5.22. The van der Waals surface area contributed by atoms with Crippen molar-refractivity contribution in [2.24, 2.45) is 5.92 Å². The molecule has 2 rings (SSSR count). The normalized spacial score (nSPS) is 25.6. The predicted octanol–water partition coefficient (Wildman–Crippen LogP) is 3.51. The van der Waals surface area contributed by atoms with Gasteiger partial charge in [-0.1, -0.05) is 49.6 Å². The van der Waals surface area contributed by atoms with E-state index in [2.05, 4.69) is 63.0 Å². The Hall–Kier alpha value is -0.860. The van der Waals surface area contributed by atoms with Gasteiger partial charge in [-0.25, -0.2) is 0 Å². The van der Waals surface area contributed by atoms with Gasteiger partial charge in [0.15, 0.2) is 0 Å². The van der Waals surface area contributed by atoms with Crippen LogP contribution in [-0.4, -0.2) is 30.1 Å². The first-order chi connectivity index (χ1) is 9.49. The lowest BCUT2D eigenvalue weighted by Crippen LogP contribution is -2.57. The lowest BCUT2D eigenvalue weighted by molar-refractivity contribution is 0.0885. The summed E-state index contributed by atoms with van der Waals surface area (Å²) in [5.41, 5.74) is 4.22.